The summed E-state index contributed by atoms with van der Waals surface area (Å²) in [7, 11) is 0. The zero-order valence-electron chi connectivity index (χ0n) is 42.4. The topological polar surface area (TPSA) is 83.7 Å². The molecule has 71 heavy (non-hydrogen) atoms. The highest BCUT2D eigenvalue weighted by molar-refractivity contribution is 5.52. The predicted octanol–water partition coefficient (Wildman–Crippen LogP) is 12.4. The molecule has 4 aliphatic heterocycles. The quantitative estimate of drug-likeness (QED) is 0.0480. The van der Waals surface area contributed by atoms with Crippen molar-refractivity contribution in [3.8, 4) is 23.0 Å². The Hall–Kier alpha value is -5.12. The molecule has 4 aromatic carbocycles. The summed E-state index contributed by atoms with van der Waals surface area (Å²) in [6.45, 7) is 27.1. The molecule has 2 aliphatic carbocycles. The number of allylic oxidation sites excluding steroid dienone is 4. The molecule has 8 heteroatoms. The molecule has 4 saturated heterocycles. The van der Waals surface area contributed by atoms with Crippen molar-refractivity contribution >= 4 is 0 Å². The van der Waals surface area contributed by atoms with Gasteiger partial charge in [0.05, 0.1) is 33.0 Å². The lowest BCUT2D eigenvalue weighted by atomic mass is 9.53. The maximum absolute atomic E-state index is 6.48. The van der Waals surface area contributed by atoms with E-state index in [0.29, 0.717) is 44.9 Å². The van der Waals surface area contributed by atoms with Crippen LogP contribution >= 0.6 is 0 Å². The summed E-state index contributed by atoms with van der Waals surface area (Å²) in [4.78, 5) is 0. The van der Waals surface area contributed by atoms with Crippen LogP contribution in [0.25, 0.3) is 0 Å². The summed E-state index contributed by atoms with van der Waals surface area (Å²) < 4.78 is 47.5. The van der Waals surface area contributed by atoms with E-state index in [1.54, 1.807) is 0 Å². The lowest BCUT2D eigenvalue weighted by Crippen LogP contribution is -2.43. The van der Waals surface area contributed by atoms with Crippen LogP contribution in [0.5, 0.6) is 23.0 Å². The summed E-state index contributed by atoms with van der Waals surface area (Å²) in [5.41, 5.74) is 9.94. The second-order valence-corrected chi connectivity index (χ2v) is 21.9. The molecule has 376 valence electrons. The molecule has 6 fully saturated rings. The second-order valence-electron chi connectivity index (χ2n) is 21.9. The lowest BCUT2D eigenvalue weighted by Gasteiger charge is -2.52. The summed E-state index contributed by atoms with van der Waals surface area (Å²) >= 11 is 0. The van der Waals surface area contributed by atoms with Crippen LogP contribution in [0.15, 0.2) is 123 Å². The Labute approximate surface area is 423 Å². The molecule has 4 aromatic rings. The minimum Gasteiger partial charge on any atom is -0.490 e. The molecule has 3 unspecified atom stereocenters. The van der Waals surface area contributed by atoms with Gasteiger partial charge in [-0.25, -0.2) is 0 Å². The molecular weight excluding hydrogens is 885 g/mol. The average Bonchev–Trinajstić information content (AvgIpc) is 4.21. The molecule has 0 spiro atoms. The van der Waals surface area contributed by atoms with Crippen LogP contribution in [0.2, 0.25) is 0 Å². The molecule has 0 aromatic heterocycles. The van der Waals surface area contributed by atoms with E-state index in [9.17, 15) is 0 Å². The first-order valence-corrected chi connectivity index (χ1v) is 26.6. The van der Waals surface area contributed by atoms with Crippen molar-refractivity contribution < 1.29 is 37.9 Å². The molecule has 6 aliphatic rings. The highest BCUT2D eigenvalue weighted by Gasteiger charge is 2.49. The molecule has 4 heterocycles. The average molecular weight is 961 g/mol. The molecule has 8 nitrogen and oxygen atoms in total. The van der Waals surface area contributed by atoms with E-state index in [-0.39, 0.29) is 40.7 Å². The zero-order valence-corrected chi connectivity index (χ0v) is 42.4. The molecule has 0 N–H and O–H groups in total. The van der Waals surface area contributed by atoms with Gasteiger partial charge in [-0.2, -0.15) is 0 Å². The molecule has 3 atom stereocenters. The van der Waals surface area contributed by atoms with Crippen LogP contribution in [0, 0.1) is 17.3 Å². The fourth-order valence-electron chi connectivity index (χ4n) is 12.3. The SMILES string of the molecule is C=CCc1cc(C2(c3ccc(OCC4CO4)c(CC=C)c3)CCC(C(C)(C)C3CCC(c4ccc(OCC5CO5)c(CC=C)c4)(c4ccc(OC5COC5)c(CC=C)c4)CC3)CC2)ccc1OCC1CO1. The fraction of sp³-hybridized carbons (Fsp3) is 0.492. The van der Waals surface area contributed by atoms with Gasteiger partial charge in [-0.15, -0.1) is 26.3 Å². The zero-order chi connectivity index (χ0) is 49.0. The van der Waals surface area contributed by atoms with Crippen molar-refractivity contribution in [3.63, 3.8) is 0 Å². The third-order valence-corrected chi connectivity index (χ3v) is 17.1. The third-order valence-electron chi connectivity index (χ3n) is 17.1. The predicted molar refractivity (Wildman–Crippen MR) is 282 cm³/mol. The summed E-state index contributed by atoms with van der Waals surface area (Å²) in [5, 5.41) is 0. The van der Waals surface area contributed by atoms with Gasteiger partial charge < -0.3 is 37.9 Å². The lowest BCUT2D eigenvalue weighted by molar-refractivity contribution is -0.0799. The van der Waals surface area contributed by atoms with E-state index in [1.165, 1.54) is 44.5 Å². The van der Waals surface area contributed by atoms with Crippen LogP contribution in [0.4, 0.5) is 0 Å². The number of epoxide rings is 3. The van der Waals surface area contributed by atoms with E-state index in [2.05, 4.69) is 113 Å². The maximum atomic E-state index is 6.48. The van der Waals surface area contributed by atoms with E-state index >= 15 is 0 Å². The van der Waals surface area contributed by atoms with Gasteiger partial charge in [-0.3, -0.25) is 0 Å². The van der Waals surface area contributed by atoms with Gasteiger partial charge >= 0.3 is 0 Å². The highest BCUT2D eigenvalue weighted by Crippen LogP contribution is 2.58. The van der Waals surface area contributed by atoms with E-state index in [0.717, 1.165) is 120 Å². The van der Waals surface area contributed by atoms with E-state index < -0.39 is 0 Å². The van der Waals surface area contributed by atoms with Crippen LogP contribution in [-0.2, 0) is 55.5 Å². The van der Waals surface area contributed by atoms with Crippen LogP contribution < -0.4 is 18.9 Å². The van der Waals surface area contributed by atoms with Gasteiger partial charge in [0.15, 0.2) is 0 Å². The Morgan fingerprint density at radius 1 is 0.479 bits per heavy atom. The molecular formula is C63H76O8. The van der Waals surface area contributed by atoms with E-state index in [4.69, 9.17) is 37.9 Å². The van der Waals surface area contributed by atoms with Gasteiger partial charge in [0.1, 0.15) is 67.2 Å². The van der Waals surface area contributed by atoms with Gasteiger partial charge in [0.25, 0.3) is 0 Å². The van der Waals surface area contributed by atoms with Crippen LogP contribution in [-0.4, -0.2) is 77.3 Å². The summed E-state index contributed by atoms with van der Waals surface area (Å²) in [6, 6.07) is 27.9. The Morgan fingerprint density at radius 2 is 0.789 bits per heavy atom. The Morgan fingerprint density at radius 3 is 1.07 bits per heavy atom. The minimum absolute atomic E-state index is 0.0980. The number of rotatable bonds is 25. The standard InChI is InChI=1S/C63H76O8/c1-7-11-43-31-49(15-19-57(43)68-40-53-37-65-53)62(50-16-20-58(44(32-50)12-8-2)69-41-54-38-66-54)27-23-47(24-28-62)61(5,6)48-25-29-63(30-26-48,51-17-21-59(45(33-51)13-9-3)70-42-55-39-67-55)52-18-22-60(46(34-52)14-10-4)71-56-35-64-36-56/h7-10,15-22,31-34,47-48,53-56H,1-4,11-14,23-30,35-42H2,5-6H3. The van der Waals surface area contributed by atoms with Crippen molar-refractivity contribution in [1.82, 2.24) is 0 Å². The number of benzene rings is 4. The monoisotopic (exact) mass is 961 g/mol. The number of ether oxygens (including phenoxy) is 8. The Bertz CT molecular complexity index is 2450. The van der Waals surface area contributed by atoms with Gasteiger partial charge in [-0.1, -0.05) is 86.7 Å². The summed E-state index contributed by atoms with van der Waals surface area (Å²) in [5.74, 6) is 4.87. The maximum Gasteiger partial charge on any atom is 0.145 e. The first-order chi connectivity index (χ1) is 34.6. The van der Waals surface area contributed by atoms with Gasteiger partial charge in [0, 0.05) is 10.8 Å². The van der Waals surface area contributed by atoms with Crippen molar-refractivity contribution in [2.75, 3.05) is 52.9 Å². The molecule has 0 radical (unpaired) electrons. The Kier molecular flexibility index (Phi) is 15.0. The van der Waals surface area contributed by atoms with Gasteiger partial charge in [-0.05, 0) is 163 Å². The summed E-state index contributed by atoms with van der Waals surface area (Å²) in [6.07, 6.45) is 20.5. The largest absolute Gasteiger partial charge is 0.490 e. The normalized spacial score (nSPS) is 26.9. The second kappa shape index (κ2) is 21.5. The number of hydrogen-bond donors (Lipinski definition) is 0. The van der Waals surface area contributed by atoms with Crippen molar-refractivity contribution in [3.05, 3.63) is 168 Å². The van der Waals surface area contributed by atoms with Crippen molar-refractivity contribution in [1.29, 1.82) is 0 Å². The van der Waals surface area contributed by atoms with Crippen LogP contribution in [0.3, 0.4) is 0 Å². The molecule has 0 bridgehead atoms. The first-order valence-electron chi connectivity index (χ1n) is 26.6. The first kappa shape index (κ1) is 49.5. The smallest absolute Gasteiger partial charge is 0.145 e. The highest BCUT2D eigenvalue weighted by atomic mass is 16.6. The Balaban J connectivity index is 0.935. The number of hydrogen-bond acceptors (Lipinski definition) is 8. The molecule has 0 amide bonds. The third kappa shape index (κ3) is 11.0. The molecule has 10 rings (SSSR count). The van der Waals surface area contributed by atoms with Crippen molar-refractivity contribution in [2.45, 2.75) is 126 Å². The van der Waals surface area contributed by atoms with E-state index in [1.807, 2.05) is 24.3 Å². The fourth-order valence-corrected chi connectivity index (χ4v) is 12.3. The van der Waals surface area contributed by atoms with Crippen LogP contribution in [0.1, 0.15) is 110 Å². The van der Waals surface area contributed by atoms with Gasteiger partial charge in [0.2, 0.25) is 0 Å². The van der Waals surface area contributed by atoms with Crippen molar-refractivity contribution in [2.24, 2.45) is 17.3 Å². The molecule has 2 saturated carbocycles. The minimum atomic E-state index is -0.175.